The zero-order chi connectivity index (χ0) is 21.8. The predicted octanol–water partition coefficient (Wildman–Crippen LogP) is 4.02. The van der Waals surface area contributed by atoms with E-state index >= 15 is 0 Å². The topological polar surface area (TPSA) is 75.7 Å². The fourth-order valence-corrected chi connectivity index (χ4v) is 6.33. The van der Waals surface area contributed by atoms with Crippen LogP contribution in [-0.2, 0) is 21.3 Å². The number of nitrogens with one attached hydrogen (secondary N) is 1. The van der Waals surface area contributed by atoms with Crippen LogP contribution in [0.2, 0.25) is 5.02 Å². The van der Waals surface area contributed by atoms with Crippen molar-refractivity contribution in [2.75, 3.05) is 26.3 Å². The normalized spacial score (nSPS) is 15.0. The van der Waals surface area contributed by atoms with E-state index in [1.807, 2.05) is 24.3 Å². The number of amides is 1. The summed E-state index contributed by atoms with van der Waals surface area (Å²) in [6.07, 6.45) is 0. The third-order valence-electron chi connectivity index (χ3n) is 4.95. The van der Waals surface area contributed by atoms with Crippen LogP contribution in [0.1, 0.15) is 15.9 Å². The van der Waals surface area contributed by atoms with Gasteiger partial charge < -0.3 is 10.1 Å². The lowest BCUT2D eigenvalue weighted by Gasteiger charge is -2.25. The van der Waals surface area contributed by atoms with Crippen molar-refractivity contribution in [2.24, 2.45) is 0 Å². The van der Waals surface area contributed by atoms with Crippen molar-refractivity contribution in [2.45, 2.75) is 10.8 Å². The second-order valence-corrected chi connectivity index (χ2v) is 10.6. The molecule has 2 aromatic carbocycles. The maximum atomic E-state index is 12.9. The highest BCUT2D eigenvalue weighted by Gasteiger charge is 2.27. The average Bonchev–Trinajstić information content (AvgIpc) is 3.30. The van der Waals surface area contributed by atoms with Crippen molar-refractivity contribution in [1.82, 2.24) is 9.62 Å². The smallest absolute Gasteiger partial charge is 0.252 e. The predicted molar refractivity (Wildman–Crippen MR) is 122 cm³/mol. The van der Waals surface area contributed by atoms with Crippen LogP contribution in [-0.4, -0.2) is 44.9 Å². The van der Waals surface area contributed by atoms with Crippen molar-refractivity contribution in [3.63, 3.8) is 0 Å². The lowest BCUT2D eigenvalue weighted by Crippen LogP contribution is -2.40. The molecule has 162 valence electrons. The summed E-state index contributed by atoms with van der Waals surface area (Å²) >= 11 is 7.34. The van der Waals surface area contributed by atoms with Gasteiger partial charge in [0.2, 0.25) is 0 Å². The van der Waals surface area contributed by atoms with Gasteiger partial charge in [0.25, 0.3) is 15.9 Å². The van der Waals surface area contributed by atoms with Crippen molar-refractivity contribution in [3.05, 3.63) is 76.8 Å². The molecule has 31 heavy (non-hydrogen) atoms. The average molecular weight is 477 g/mol. The van der Waals surface area contributed by atoms with E-state index in [1.165, 1.54) is 15.6 Å². The SMILES string of the molecule is O=C(NCc1ccccc1Cl)c1cccc(-c2ccc(S(=O)(=O)N3CCOCC3)s2)c1. The molecular weight excluding hydrogens is 456 g/mol. The number of hydrogen-bond donors (Lipinski definition) is 1. The van der Waals surface area contributed by atoms with Gasteiger partial charge in [-0.3, -0.25) is 4.79 Å². The van der Waals surface area contributed by atoms with Crippen LogP contribution in [0.15, 0.2) is 64.9 Å². The van der Waals surface area contributed by atoms with E-state index in [0.29, 0.717) is 43.4 Å². The van der Waals surface area contributed by atoms with E-state index in [-0.39, 0.29) is 10.1 Å². The highest BCUT2D eigenvalue weighted by atomic mass is 35.5. The van der Waals surface area contributed by atoms with Gasteiger partial charge in [-0.05, 0) is 41.5 Å². The molecule has 1 fully saturated rings. The summed E-state index contributed by atoms with van der Waals surface area (Å²) in [4.78, 5) is 13.4. The lowest BCUT2D eigenvalue weighted by atomic mass is 10.1. The summed E-state index contributed by atoms with van der Waals surface area (Å²) in [6, 6.07) is 17.9. The zero-order valence-electron chi connectivity index (χ0n) is 16.6. The molecule has 1 aromatic heterocycles. The summed E-state index contributed by atoms with van der Waals surface area (Å²) in [5, 5.41) is 3.47. The Morgan fingerprint density at radius 2 is 1.84 bits per heavy atom. The van der Waals surface area contributed by atoms with Crippen molar-refractivity contribution in [3.8, 4) is 10.4 Å². The molecule has 1 N–H and O–H groups in total. The van der Waals surface area contributed by atoms with Crippen LogP contribution in [0, 0.1) is 0 Å². The molecule has 0 aliphatic carbocycles. The molecule has 9 heteroatoms. The summed E-state index contributed by atoms with van der Waals surface area (Å²) in [6.45, 7) is 1.85. The molecule has 0 atom stereocenters. The first-order chi connectivity index (χ1) is 14.9. The second kappa shape index (κ2) is 9.50. The Morgan fingerprint density at radius 3 is 2.61 bits per heavy atom. The van der Waals surface area contributed by atoms with Gasteiger partial charge in [0.15, 0.2) is 0 Å². The molecule has 1 aliphatic heterocycles. The molecule has 1 saturated heterocycles. The number of benzene rings is 2. The Morgan fingerprint density at radius 1 is 1.06 bits per heavy atom. The lowest BCUT2D eigenvalue weighted by molar-refractivity contribution is 0.0731. The monoisotopic (exact) mass is 476 g/mol. The number of carbonyl (C=O) groups excluding carboxylic acids is 1. The Bertz CT molecular complexity index is 1190. The Labute approximate surface area is 190 Å². The molecule has 2 heterocycles. The minimum atomic E-state index is -3.54. The van der Waals surface area contributed by atoms with Crippen LogP contribution in [0.3, 0.4) is 0 Å². The van der Waals surface area contributed by atoms with Crippen LogP contribution < -0.4 is 5.32 Å². The van der Waals surface area contributed by atoms with Crippen LogP contribution >= 0.6 is 22.9 Å². The molecular formula is C22H21ClN2O4S2. The zero-order valence-corrected chi connectivity index (χ0v) is 19.0. The third kappa shape index (κ3) is 4.99. The fourth-order valence-electron chi connectivity index (χ4n) is 3.26. The first-order valence-electron chi connectivity index (χ1n) is 9.75. The van der Waals surface area contributed by atoms with Crippen molar-refractivity contribution < 1.29 is 17.9 Å². The van der Waals surface area contributed by atoms with E-state index in [1.54, 1.807) is 36.4 Å². The minimum absolute atomic E-state index is 0.223. The van der Waals surface area contributed by atoms with Gasteiger partial charge in [-0.2, -0.15) is 4.31 Å². The molecule has 0 spiro atoms. The Kier molecular flexibility index (Phi) is 6.74. The molecule has 0 saturated carbocycles. The van der Waals surface area contributed by atoms with Crippen LogP contribution in [0.4, 0.5) is 0 Å². The summed E-state index contributed by atoms with van der Waals surface area (Å²) in [5.74, 6) is -0.223. The third-order valence-corrected chi connectivity index (χ3v) is 8.82. The number of thiophene rings is 1. The largest absolute Gasteiger partial charge is 0.379 e. The standard InChI is InChI=1S/C22H21ClN2O4S2/c23-19-7-2-1-4-18(19)15-24-22(26)17-6-3-5-16(14-17)20-8-9-21(30-20)31(27,28)25-10-12-29-13-11-25/h1-9,14H,10-13,15H2,(H,24,26). The second-order valence-electron chi connectivity index (χ2n) is 6.99. The van der Waals surface area contributed by atoms with E-state index in [0.717, 1.165) is 16.0 Å². The maximum absolute atomic E-state index is 12.9. The number of hydrogen-bond acceptors (Lipinski definition) is 5. The number of nitrogens with zero attached hydrogens (tertiary/aromatic N) is 1. The van der Waals surface area contributed by atoms with E-state index < -0.39 is 10.0 Å². The van der Waals surface area contributed by atoms with Gasteiger partial charge in [0, 0.05) is 35.1 Å². The Balaban J connectivity index is 1.49. The van der Waals surface area contributed by atoms with Crippen molar-refractivity contribution >= 4 is 38.9 Å². The maximum Gasteiger partial charge on any atom is 0.252 e. The van der Waals surface area contributed by atoms with Gasteiger partial charge in [-0.25, -0.2) is 8.42 Å². The highest BCUT2D eigenvalue weighted by Crippen LogP contribution is 2.33. The fraction of sp³-hybridized carbons (Fsp3) is 0.227. The number of ether oxygens (including phenoxy) is 1. The first-order valence-corrected chi connectivity index (χ1v) is 12.4. The highest BCUT2D eigenvalue weighted by molar-refractivity contribution is 7.91. The molecule has 6 nitrogen and oxygen atoms in total. The molecule has 1 aliphatic rings. The van der Waals surface area contributed by atoms with Gasteiger partial charge in [0.05, 0.1) is 13.2 Å². The molecule has 1 amide bonds. The summed E-state index contributed by atoms with van der Waals surface area (Å²) in [5.41, 5.74) is 2.12. The molecule has 0 unspecified atom stereocenters. The number of sulfonamides is 1. The van der Waals surface area contributed by atoms with Crippen LogP contribution in [0.25, 0.3) is 10.4 Å². The summed E-state index contributed by atoms with van der Waals surface area (Å²) < 4.78 is 32.7. The Hall–Kier alpha value is -2.23. The molecule has 3 aromatic rings. The quantitative estimate of drug-likeness (QED) is 0.583. The molecule has 0 bridgehead atoms. The van der Waals surface area contributed by atoms with Gasteiger partial charge in [-0.1, -0.05) is 41.9 Å². The van der Waals surface area contributed by atoms with Gasteiger partial charge in [-0.15, -0.1) is 11.3 Å². The van der Waals surface area contributed by atoms with E-state index in [9.17, 15) is 13.2 Å². The van der Waals surface area contributed by atoms with Crippen molar-refractivity contribution in [1.29, 1.82) is 0 Å². The minimum Gasteiger partial charge on any atom is -0.379 e. The van der Waals surface area contributed by atoms with E-state index in [2.05, 4.69) is 5.32 Å². The number of carbonyl (C=O) groups is 1. The number of rotatable bonds is 6. The molecule has 4 rings (SSSR count). The van der Waals surface area contributed by atoms with Gasteiger partial charge >= 0.3 is 0 Å². The summed E-state index contributed by atoms with van der Waals surface area (Å²) in [7, 11) is -3.54. The van der Waals surface area contributed by atoms with Crippen LogP contribution in [0.5, 0.6) is 0 Å². The molecule has 0 radical (unpaired) electrons. The van der Waals surface area contributed by atoms with E-state index in [4.69, 9.17) is 16.3 Å². The van der Waals surface area contributed by atoms with Gasteiger partial charge in [0.1, 0.15) is 4.21 Å². The first kappa shape index (κ1) is 22.0. The number of halogens is 1. The number of morpholine rings is 1.